The Bertz CT molecular complexity index is 438. The minimum Gasteiger partial charge on any atom is -0.481 e. The fourth-order valence-corrected chi connectivity index (χ4v) is 1.59. The minimum atomic E-state index is -2.46. The highest BCUT2D eigenvalue weighted by Crippen LogP contribution is 2.07. The van der Waals surface area contributed by atoms with Gasteiger partial charge in [0.25, 0.3) is 0 Å². The molecule has 11 nitrogen and oxygen atoms in total. The molecule has 0 aromatic carbocycles. The van der Waals surface area contributed by atoms with E-state index >= 15 is 0 Å². The molecule has 0 heterocycles. The number of hydrogen-bond donors (Lipinski definition) is 5. The summed E-state index contributed by atoms with van der Waals surface area (Å²) in [4.78, 5) is 41.7. The number of hydrogen-bond acceptors (Lipinski definition) is 9. The first-order chi connectivity index (χ1) is 12.5. The van der Waals surface area contributed by atoms with Gasteiger partial charge in [-0.25, -0.2) is 0 Å². The van der Waals surface area contributed by atoms with Gasteiger partial charge in [0.1, 0.15) is 6.61 Å². The van der Waals surface area contributed by atoms with E-state index in [1.165, 1.54) is 0 Å². The Hall–Kier alpha value is -2.24. The van der Waals surface area contributed by atoms with Gasteiger partial charge >= 0.3 is 29.9 Å². The number of carbonyl (C=O) groups excluding carboxylic acids is 2. The second-order valence-corrected chi connectivity index (χ2v) is 5.55. The molecule has 0 aliphatic rings. The van der Waals surface area contributed by atoms with E-state index in [1.54, 1.807) is 0 Å². The molecule has 0 aromatic heterocycles. The fraction of sp³-hybridized carbons (Fsp3) is 0.750. The van der Waals surface area contributed by atoms with Crippen LogP contribution >= 0.6 is 0 Å². The van der Waals surface area contributed by atoms with E-state index in [2.05, 4.69) is 9.47 Å². The second kappa shape index (κ2) is 16.0. The largest absolute Gasteiger partial charge is 0.481 e. The van der Waals surface area contributed by atoms with Crippen molar-refractivity contribution in [2.75, 3.05) is 13.2 Å². The average Bonchev–Trinajstić information content (AvgIpc) is 2.52. The molecule has 0 aromatic rings. The maximum atomic E-state index is 11.0. The molecule has 0 saturated heterocycles. The van der Waals surface area contributed by atoms with Crippen molar-refractivity contribution in [3.05, 3.63) is 0 Å². The summed E-state index contributed by atoms with van der Waals surface area (Å²) in [7, 11) is 0. The van der Waals surface area contributed by atoms with Crippen molar-refractivity contribution in [3.8, 4) is 0 Å². The van der Waals surface area contributed by atoms with Crippen molar-refractivity contribution in [1.82, 2.24) is 0 Å². The quantitative estimate of drug-likeness (QED) is 0.160. The summed E-state index contributed by atoms with van der Waals surface area (Å²) in [5.74, 6) is -5.39. The fourth-order valence-electron chi connectivity index (χ4n) is 1.59. The second-order valence-electron chi connectivity index (χ2n) is 5.55. The molecule has 0 saturated carbocycles. The lowest BCUT2D eigenvalue weighted by molar-refractivity contribution is -0.307. The van der Waals surface area contributed by atoms with E-state index in [9.17, 15) is 19.2 Å². The topological polar surface area (TPSA) is 188 Å². The molecule has 0 spiro atoms. The van der Waals surface area contributed by atoms with Crippen LogP contribution in [0.25, 0.3) is 0 Å². The van der Waals surface area contributed by atoms with E-state index in [0.29, 0.717) is 25.7 Å². The van der Waals surface area contributed by atoms with Crippen LogP contribution in [0.3, 0.4) is 0 Å². The summed E-state index contributed by atoms with van der Waals surface area (Å²) in [6, 6.07) is 0. The van der Waals surface area contributed by atoms with E-state index in [1.807, 2.05) is 0 Å². The summed E-state index contributed by atoms with van der Waals surface area (Å²) in [5, 5.41) is 42.1. The molecule has 0 fully saturated rings. The van der Waals surface area contributed by atoms with Crippen molar-refractivity contribution >= 4 is 23.9 Å². The van der Waals surface area contributed by atoms with Crippen molar-refractivity contribution in [2.45, 2.75) is 64.3 Å². The van der Waals surface area contributed by atoms with Crippen LogP contribution < -0.4 is 0 Å². The number of aliphatic hydroxyl groups is 3. The zero-order chi connectivity index (χ0) is 21.3. The molecule has 0 aliphatic heterocycles. The van der Waals surface area contributed by atoms with Crippen molar-refractivity contribution in [1.29, 1.82) is 0 Å². The van der Waals surface area contributed by atoms with Gasteiger partial charge in [0.2, 0.25) is 0 Å². The standard InChI is InChI=1S/C10H18O7.C6H10O4/c1-10(14,15)17-9(13)5-3-2-4-8(12)16-7-6-11;7-5(8)3-1-2-4-6(9)10/h11,14-15H,2-7H2,1H3;1-4H2,(H,7,8)(H,9,10). The van der Waals surface area contributed by atoms with Crippen molar-refractivity contribution in [2.24, 2.45) is 0 Å². The molecule has 0 unspecified atom stereocenters. The predicted molar refractivity (Wildman–Crippen MR) is 89.2 cm³/mol. The van der Waals surface area contributed by atoms with Crippen LogP contribution in [0.2, 0.25) is 0 Å². The zero-order valence-electron chi connectivity index (χ0n) is 15.3. The normalized spacial score (nSPS) is 10.4. The van der Waals surface area contributed by atoms with Gasteiger partial charge in [-0.05, 0) is 25.7 Å². The number of aliphatic carboxylic acids is 2. The Kier molecular flexibility index (Phi) is 16.0. The number of aliphatic hydroxyl groups excluding tert-OH is 1. The van der Waals surface area contributed by atoms with Crippen LogP contribution in [-0.2, 0) is 28.7 Å². The molecule has 0 amide bonds. The monoisotopic (exact) mass is 396 g/mol. The highest BCUT2D eigenvalue weighted by Gasteiger charge is 2.20. The van der Waals surface area contributed by atoms with Gasteiger partial charge < -0.3 is 35.0 Å². The van der Waals surface area contributed by atoms with Crippen LogP contribution in [-0.4, -0.2) is 68.6 Å². The summed E-state index contributed by atoms with van der Waals surface area (Å²) >= 11 is 0. The number of ether oxygens (including phenoxy) is 2. The summed E-state index contributed by atoms with van der Waals surface area (Å²) < 4.78 is 8.83. The van der Waals surface area contributed by atoms with E-state index in [4.69, 9.17) is 25.5 Å². The van der Waals surface area contributed by atoms with Crippen LogP contribution in [0, 0.1) is 0 Å². The molecule has 158 valence electrons. The lowest BCUT2D eigenvalue weighted by atomic mass is 10.2. The average molecular weight is 396 g/mol. The maximum Gasteiger partial charge on any atom is 0.321 e. The highest BCUT2D eigenvalue weighted by molar-refractivity contribution is 5.70. The minimum absolute atomic E-state index is 0.00993. The molecular weight excluding hydrogens is 368 g/mol. The van der Waals surface area contributed by atoms with Crippen LogP contribution in [0.15, 0.2) is 0 Å². The molecule has 0 rings (SSSR count). The Morgan fingerprint density at radius 2 is 1.19 bits per heavy atom. The number of rotatable bonds is 13. The Morgan fingerprint density at radius 1 is 0.778 bits per heavy atom. The Labute approximate surface area is 156 Å². The van der Waals surface area contributed by atoms with Crippen LogP contribution in [0.4, 0.5) is 0 Å². The van der Waals surface area contributed by atoms with Gasteiger partial charge in [-0.3, -0.25) is 19.2 Å². The van der Waals surface area contributed by atoms with Gasteiger partial charge in [-0.2, -0.15) is 0 Å². The first-order valence-electron chi connectivity index (χ1n) is 8.34. The number of carboxylic acids is 2. The van der Waals surface area contributed by atoms with Gasteiger partial charge in [0.15, 0.2) is 0 Å². The third kappa shape index (κ3) is 26.1. The highest BCUT2D eigenvalue weighted by atomic mass is 16.8. The molecular formula is C16H28O11. The predicted octanol–water partition coefficient (Wildman–Crippen LogP) is -0.000200. The number of carbonyl (C=O) groups is 4. The third-order valence-electron chi connectivity index (χ3n) is 2.70. The molecule has 27 heavy (non-hydrogen) atoms. The smallest absolute Gasteiger partial charge is 0.321 e. The lowest BCUT2D eigenvalue weighted by Gasteiger charge is -2.15. The van der Waals surface area contributed by atoms with E-state index in [-0.39, 0.29) is 38.9 Å². The van der Waals surface area contributed by atoms with Crippen LogP contribution in [0.5, 0.6) is 0 Å². The molecule has 0 radical (unpaired) electrons. The van der Waals surface area contributed by atoms with Gasteiger partial charge in [-0.1, -0.05) is 0 Å². The van der Waals surface area contributed by atoms with Gasteiger partial charge in [0.05, 0.1) is 6.61 Å². The molecule has 0 atom stereocenters. The van der Waals surface area contributed by atoms with E-state index in [0.717, 1.165) is 6.92 Å². The van der Waals surface area contributed by atoms with Crippen LogP contribution in [0.1, 0.15) is 58.3 Å². The molecule has 5 N–H and O–H groups in total. The van der Waals surface area contributed by atoms with Crippen molar-refractivity contribution < 1.29 is 54.2 Å². The summed E-state index contributed by atoms with van der Waals surface area (Å²) in [6.07, 6.45) is 1.95. The zero-order valence-corrected chi connectivity index (χ0v) is 15.3. The van der Waals surface area contributed by atoms with Gasteiger partial charge in [-0.15, -0.1) is 0 Å². The number of unbranched alkanes of at least 4 members (excludes halogenated alkanes) is 2. The lowest BCUT2D eigenvalue weighted by Crippen LogP contribution is -2.30. The maximum absolute atomic E-state index is 11.0. The number of esters is 2. The molecule has 0 aliphatic carbocycles. The van der Waals surface area contributed by atoms with Gasteiger partial charge in [0, 0.05) is 32.6 Å². The first-order valence-corrected chi connectivity index (χ1v) is 8.34. The third-order valence-corrected chi connectivity index (χ3v) is 2.70. The SMILES string of the molecule is CC(O)(O)OC(=O)CCCCC(=O)OCCO.O=C(O)CCCCC(=O)O. The van der Waals surface area contributed by atoms with E-state index < -0.39 is 29.9 Å². The summed E-state index contributed by atoms with van der Waals surface area (Å²) in [5.41, 5.74) is 0. The Balaban J connectivity index is 0. The summed E-state index contributed by atoms with van der Waals surface area (Å²) in [6.45, 7) is 0.676. The molecule has 11 heteroatoms. The molecule has 0 bridgehead atoms. The van der Waals surface area contributed by atoms with Crippen molar-refractivity contribution in [3.63, 3.8) is 0 Å². The number of carboxylic acid groups (broad SMARTS) is 2. The first kappa shape index (κ1) is 27.0. The Morgan fingerprint density at radius 3 is 1.56 bits per heavy atom.